The minimum atomic E-state index is -0.381. The van der Waals surface area contributed by atoms with Gasteiger partial charge in [-0.05, 0) is 25.8 Å². The van der Waals surface area contributed by atoms with Crippen molar-refractivity contribution in [2.24, 2.45) is 5.92 Å². The van der Waals surface area contributed by atoms with Crippen molar-refractivity contribution >= 4 is 0 Å². The summed E-state index contributed by atoms with van der Waals surface area (Å²) >= 11 is 0. The maximum absolute atomic E-state index is 9.89. The molecule has 0 radical (unpaired) electrons. The molecule has 1 rings (SSSR count). The lowest BCUT2D eigenvalue weighted by Crippen LogP contribution is -2.18. The van der Waals surface area contributed by atoms with E-state index in [1.807, 2.05) is 26.8 Å². The number of aliphatic hydroxyl groups is 1. The van der Waals surface area contributed by atoms with Crippen LogP contribution in [-0.2, 0) is 9.47 Å². The normalized spacial score (nSPS) is 22.1. The summed E-state index contributed by atoms with van der Waals surface area (Å²) in [4.78, 5) is 0. The third-order valence-electron chi connectivity index (χ3n) is 2.68. The van der Waals surface area contributed by atoms with Gasteiger partial charge in [-0.2, -0.15) is 0 Å². The van der Waals surface area contributed by atoms with Crippen molar-refractivity contribution in [3.8, 4) is 0 Å². The predicted molar refractivity (Wildman–Crippen MR) is 64.1 cm³/mol. The predicted octanol–water partition coefficient (Wildman–Crippen LogP) is 2.27. The second-order valence-corrected chi connectivity index (χ2v) is 4.57. The Balaban J connectivity index is 2.49. The van der Waals surface area contributed by atoms with Crippen LogP contribution >= 0.6 is 0 Å². The van der Waals surface area contributed by atoms with E-state index in [1.165, 1.54) is 0 Å². The van der Waals surface area contributed by atoms with E-state index in [9.17, 15) is 5.11 Å². The zero-order valence-corrected chi connectivity index (χ0v) is 10.4. The number of hydrogen-bond acceptors (Lipinski definition) is 3. The molecule has 0 saturated carbocycles. The van der Waals surface area contributed by atoms with Gasteiger partial charge in [-0.1, -0.05) is 18.6 Å². The first-order valence-corrected chi connectivity index (χ1v) is 5.74. The first-order valence-electron chi connectivity index (χ1n) is 5.74. The highest BCUT2D eigenvalue weighted by Crippen LogP contribution is 2.19. The summed E-state index contributed by atoms with van der Waals surface area (Å²) in [5.41, 5.74) is 2.03. The van der Waals surface area contributed by atoms with E-state index < -0.39 is 0 Å². The Bertz CT molecular complexity index is 264. The largest absolute Gasteiger partial charge is 0.392 e. The molecule has 0 aliphatic carbocycles. The molecule has 0 amide bonds. The van der Waals surface area contributed by atoms with Crippen molar-refractivity contribution < 1.29 is 14.6 Å². The number of hydrogen-bond donors (Lipinski definition) is 1. The zero-order chi connectivity index (χ0) is 12.1. The molecule has 1 fully saturated rings. The molecule has 0 bridgehead atoms. The molecule has 3 heteroatoms. The van der Waals surface area contributed by atoms with Crippen molar-refractivity contribution in [2.45, 2.75) is 39.6 Å². The quantitative estimate of drug-likeness (QED) is 0.731. The Labute approximate surface area is 97.8 Å². The van der Waals surface area contributed by atoms with E-state index in [1.54, 1.807) is 0 Å². The zero-order valence-electron chi connectivity index (χ0n) is 10.4. The molecule has 2 atom stereocenters. The van der Waals surface area contributed by atoms with Crippen LogP contribution in [0.2, 0.25) is 0 Å². The Hall–Kier alpha value is -0.640. The molecule has 16 heavy (non-hydrogen) atoms. The SMILES string of the molecule is C=C(C)C[C@@H](O)[C@H](C)/C=C(\C)C1OCCO1. The monoisotopic (exact) mass is 226 g/mol. The molecule has 0 spiro atoms. The summed E-state index contributed by atoms with van der Waals surface area (Å²) in [5, 5.41) is 9.89. The van der Waals surface area contributed by atoms with E-state index >= 15 is 0 Å². The lowest BCUT2D eigenvalue weighted by Gasteiger charge is -2.18. The van der Waals surface area contributed by atoms with Crippen molar-refractivity contribution in [3.63, 3.8) is 0 Å². The van der Waals surface area contributed by atoms with E-state index in [-0.39, 0.29) is 18.3 Å². The molecule has 3 nitrogen and oxygen atoms in total. The van der Waals surface area contributed by atoms with E-state index in [0.29, 0.717) is 19.6 Å². The molecule has 0 aromatic carbocycles. The Morgan fingerprint density at radius 3 is 2.50 bits per heavy atom. The van der Waals surface area contributed by atoms with Gasteiger partial charge < -0.3 is 14.6 Å². The van der Waals surface area contributed by atoms with Crippen LogP contribution in [0, 0.1) is 5.92 Å². The Kier molecular flexibility index (Phi) is 5.19. The minimum absolute atomic E-state index is 0.0875. The van der Waals surface area contributed by atoms with Crippen molar-refractivity contribution in [1.82, 2.24) is 0 Å². The maximum Gasteiger partial charge on any atom is 0.179 e. The summed E-state index contributed by atoms with van der Waals surface area (Å²) in [5.74, 6) is 0.0875. The van der Waals surface area contributed by atoms with Gasteiger partial charge in [0.2, 0.25) is 0 Å². The van der Waals surface area contributed by atoms with Crippen LogP contribution in [-0.4, -0.2) is 30.7 Å². The van der Waals surface area contributed by atoms with Gasteiger partial charge in [0.25, 0.3) is 0 Å². The van der Waals surface area contributed by atoms with Gasteiger partial charge in [0.15, 0.2) is 6.29 Å². The average Bonchev–Trinajstić information content (AvgIpc) is 2.68. The molecule has 0 aromatic rings. The summed E-state index contributed by atoms with van der Waals surface area (Å²) in [6.45, 7) is 11.0. The van der Waals surface area contributed by atoms with Gasteiger partial charge in [-0.3, -0.25) is 0 Å². The van der Waals surface area contributed by atoms with Gasteiger partial charge in [0, 0.05) is 5.92 Å². The number of aliphatic hydroxyl groups excluding tert-OH is 1. The lowest BCUT2D eigenvalue weighted by molar-refractivity contribution is -0.0118. The van der Waals surface area contributed by atoms with E-state index in [0.717, 1.165) is 11.1 Å². The van der Waals surface area contributed by atoms with Crippen LogP contribution in [0.5, 0.6) is 0 Å². The van der Waals surface area contributed by atoms with Gasteiger partial charge >= 0.3 is 0 Å². The number of ether oxygens (including phenoxy) is 2. The fraction of sp³-hybridized carbons (Fsp3) is 0.692. The summed E-state index contributed by atoms with van der Waals surface area (Å²) in [7, 11) is 0. The van der Waals surface area contributed by atoms with Crippen molar-refractivity contribution in [2.75, 3.05) is 13.2 Å². The topological polar surface area (TPSA) is 38.7 Å². The van der Waals surface area contributed by atoms with Gasteiger partial charge in [-0.15, -0.1) is 6.58 Å². The first-order chi connectivity index (χ1) is 7.50. The van der Waals surface area contributed by atoms with Crippen molar-refractivity contribution in [1.29, 1.82) is 0 Å². The van der Waals surface area contributed by atoms with Crippen LogP contribution in [0.3, 0.4) is 0 Å². The van der Waals surface area contributed by atoms with Crippen molar-refractivity contribution in [3.05, 3.63) is 23.8 Å². The highest BCUT2D eigenvalue weighted by atomic mass is 16.7. The molecule has 1 aliphatic heterocycles. The van der Waals surface area contributed by atoms with Crippen LogP contribution in [0.15, 0.2) is 23.8 Å². The molecule has 1 heterocycles. The highest BCUT2D eigenvalue weighted by molar-refractivity contribution is 5.07. The molecule has 0 unspecified atom stereocenters. The van der Waals surface area contributed by atoms with E-state index in [2.05, 4.69) is 6.58 Å². The molecular weight excluding hydrogens is 204 g/mol. The molecule has 1 N–H and O–H groups in total. The smallest absolute Gasteiger partial charge is 0.179 e. The first kappa shape index (κ1) is 13.4. The summed E-state index contributed by atoms with van der Waals surface area (Å²) < 4.78 is 10.8. The van der Waals surface area contributed by atoms with Gasteiger partial charge in [-0.25, -0.2) is 0 Å². The second kappa shape index (κ2) is 6.18. The van der Waals surface area contributed by atoms with Crippen LogP contribution < -0.4 is 0 Å². The molecule has 92 valence electrons. The molecule has 1 saturated heterocycles. The molecular formula is C13H22O3. The third-order valence-corrected chi connectivity index (χ3v) is 2.68. The van der Waals surface area contributed by atoms with Crippen LogP contribution in [0.25, 0.3) is 0 Å². The average molecular weight is 226 g/mol. The van der Waals surface area contributed by atoms with Gasteiger partial charge in [0.1, 0.15) is 0 Å². The van der Waals surface area contributed by atoms with E-state index in [4.69, 9.17) is 9.47 Å². The third kappa shape index (κ3) is 4.08. The van der Waals surface area contributed by atoms with Crippen LogP contribution in [0.1, 0.15) is 27.2 Å². The molecule has 1 aliphatic rings. The standard InChI is InChI=1S/C13H22O3/c1-9(2)7-12(14)10(3)8-11(4)13-15-5-6-16-13/h8,10,12-14H,1,5-7H2,2-4H3/b11-8+/t10-,12-/m1/s1. The van der Waals surface area contributed by atoms with Gasteiger partial charge in [0.05, 0.1) is 19.3 Å². The van der Waals surface area contributed by atoms with Crippen LogP contribution in [0.4, 0.5) is 0 Å². The maximum atomic E-state index is 9.89. The highest BCUT2D eigenvalue weighted by Gasteiger charge is 2.19. The summed E-state index contributed by atoms with van der Waals surface area (Å²) in [6, 6.07) is 0. The fourth-order valence-electron chi connectivity index (χ4n) is 1.77. The minimum Gasteiger partial charge on any atom is -0.392 e. The fourth-order valence-corrected chi connectivity index (χ4v) is 1.77. The molecule has 0 aromatic heterocycles. The Morgan fingerprint density at radius 1 is 1.44 bits per heavy atom. The lowest BCUT2D eigenvalue weighted by atomic mass is 9.96. The second-order valence-electron chi connectivity index (χ2n) is 4.57. The number of rotatable bonds is 5. The summed E-state index contributed by atoms with van der Waals surface area (Å²) in [6.07, 6.45) is 2.05. The Morgan fingerprint density at radius 2 is 2.00 bits per heavy atom.